The summed E-state index contributed by atoms with van der Waals surface area (Å²) in [7, 11) is 0. The van der Waals surface area contributed by atoms with Crippen molar-refractivity contribution in [1.82, 2.24) is 10.2 Å². The average molecular weight is 296 g/mol. The minimum atomic E-state index is -0.571. The molecule has 122 valence electrons. The van der Waals surface area contributed by atoms with Gasteiger partial charge in [0, 0.05) is 12.6 Å². The molecule has 3 unspecified atom stereocenters. The molecule has 1 saturated carbocycles. The lowest BCUT2D eigenvalue weighted by molar-refractivity contribution is -0.151. The van der Waals surface area contributed by atoms with Gasteiger partial charge < -0.3 is 10.1 Å². The molecule has 0 aromatic heterocycles. The summed E-state index contributed by atoms with van der Waals surface area (Å²) in [6.07, 6.45) is 7.74. The molecule has 21 heavy (non-hydrogen) atoms. The standard InChI is InChI=1S/C17H32N2O2/c1-4-11-18-17(3,16(20)21-5-2)13-19-12-10-14-8-6-7-9-15(14)19/h14-15,18H,4-13H2,1-3H3. The smallest absolute Gasteiger partial charge is 0.327 e. The number of nitrogens with one attached hydrogen (secondary N) is 1. The number of esters is 1. The van der Waals surface area contributed by atoms with Crippen LogP contribution in [0.2, 0.25) is 0 Å². The summed E-state index contributed by atoms with van der Waals surface area (Å²) in [5, 5.41) is 3.44. The molecule has 1 aliphatic heterocycles. The summed E-state index contributed by atoms with van der Waals surface area (Å²) in [5.41, 5.74) is -0.571. The number of carbonyl (C=O) groups is 1. The maximum Gasteiger partial charge on any atom is 0.327 e. The molecular formula is C17H32N2O2. The van der Waals surface area contributed by atoms with Gasteiger partial charge in [-0.25, -0.2) is 0 Å². The Morgan fingerprint density at radius 2 is 2.05 bits per heavy atom. The summed E-state index contributed by atoms with van der Waals surface area (Å²) in [5.74, 6) is 0.758. The van der Waals surface area contributed by atoms with Crippen LogP contribution in [0, 0.1) is 5.92 Å². The van der Waals surface area contributed by atoms with Crippen LogP contribution in [-0.2, 0) is 9.53 Å². The van der Waals surface area contributed by atoms with Gasteiger partial charge in [-0.2, -0.15) is 0 Å². The molecule has 4 nitrogen and oxygen atoms in total. The van der Waals surface area contributed by atoms with E-state index in [0.29, 0.717) is 12.6 Å². The third-order valence-corrected chi connectivity index (χ3v) is 5.14. The molecule has 1 heterocycles. The molecule has 2 fully saturated rings. The summed E-state index contributed by atoms with van der Waals surface area (Å²) in [4.78, 5) is 15.0. The van der Waals surface area contributed by atoms with Crippen LogP contribution in [0.3, 0.4) is 0 Å². The van der Waals surface area contributed by atoms with Crippen molar-refractivity contribution in [3.63, 3.8) is 0 Å². The van der Waals surface area contributed by atoms with Gasteiger partial charge in [-0.05, 0) is 58.5 Å². The monoisotopic (exact) mass is 296 g/mol. The Hall–Kier alpha value is -0.610. The van der Waals surface area contributed by atoms with Gasteiger partial charge >= 0.3 is 5.97 Å². The van der Waals surface area contributed by atoms with Crippen LogP contribution in [-0.4, -0.2) is 48.7 Å². The van der Waals surface area contributed by atoms with Gasteiger partial charge in [0.2, 0.25) is 0 Å². The van der Waals surface area contributed by atoms with Crippen molar-refractivity contribution in [3.05, 3.63) is 0 Å². The second-order valence-electron chi connectivity index (χ2n) is 6.85. The predicted molar refractivity (Wildman–Crippen MR) is 85.3 cm³/mol. The fraction of sp³-hybridized carbons (Fsp3) is 0.941. The van der Waals surface area contributed by atoms with E-state index < -0.39 is 5.54 Å². The van der Waals surface area contributed by atoms with E-state index >= 15 is 0 Å². The van der Waals surface area contributed by atoms with E-state index in [1.54, 1.807) is 0 Å². The third kappa shape index (κ3) is 3.98. The Labute approximate surface area is 129 Å². The molecule has 1 N–H and O–H groups in total. The van der Waals surface area contributed by atoms with Crippen molar-refractivity contribution in [2.75, 3.05) is 26.2 Å². The van der Waals surface area contributed by atoms with E-state index in [0.717, 1.165) is 32.0 Å². The minimum absolute atomic E-state index is 0.0993. The Balaban J connectivity index is 2.02. The molecule has 3 atom stereocenters. The molecule has 0 aromatic rings. The van der Waals surface area contributed by atoms with Crippen LogP contribution in [0.4, 0.5) is 0 Å². The fourth-order valence-electron chi connectivity index (χ4n) is 3.99. The fourth-order valence-corrected chi connectivity index (χ4v) is 3.99. The van der Waals surface area contributed by atoms with E-state index in [2.05, 4.69) is 17.1 Å². The maximum absolute atomic E-state index is 12.4. The van der Waals surface area contributed by atoms with Gasteiger partial charge in [0.15, 0.2) is 0 Å². The lowest BCUT2D eigenvalue weighted by Crippen LogP contribution is -2.58. The topological polar surface area (TPSA) is 41.6 Å². The molecule has 0 spiro atoms. The van der Waals surface area contributed by atoms with E-state index in [4.69, 9.17) is 4.74 Å². The highest BCUT2D eigenvalue weighted by Crippen LogP contribution is 2.36. The third-order valence-electron chi connectivity index (χ3n) is 5.14. The maximum atomic E-state index is 12.4. The second kappa shape index (κ2) is 7.59. The average Bonchev–Trinajstić information content (AvgIpc) is 2.89. The number of likely N-dealkylation sites (tertiary alicyclic amines) is 1. The Morgan fingerprint density at radius 3 is 2.76 bits per heavy atom. The predicted octanol–water partition coefficient (Wildman–Crippen LogP) is 2.57. The highest BCUT2D eigenvalue weighted by molar-refractivity contribution is 5.80. The largest absolute Gasteiger partial charge is 0.465 e. The quantitative estimate of drug-likeness (QED) is 0.733. The van der Waals surface area contributed by atoms with Crippen LogP contribution >= 0.6 is 0 Å². The van der Waals surface area contributed by atoms with E-state index in [9.17, 15) is 4.79 Å². The van der Waals surface area contributed by atoms with Gasteiger partial charge in [0.25, 0.3) is 0 Å². The highest BCUT2D eigenvalue weighted by Gasteiger charge is 2.42. The van der Waals surface area contributed by atoms with Gasteiger partial charge in [0.1, 0.15) is 5.54 Å². The molecule has 1 aliphatic carbocycles. The first-order valence-electron chi connectivity index (χ1n) is 8.77. The lowest BCUT2D eigenvalue weighted by atomic mass is 9.85. The number of ether oxygens (including phenoxy) is 1. The molecular weight excluding hydrogens is 264 g/mol. The normalized spacial score (nSPS) is 28.9. The summed E-state index contributed by atoms with van der Waals surface area (Å²) >= 11 is 0. The Bertz CT molecular complexity index is 348. The Kier molecular flexibility index (Phi) is 6.06. The van der Waals surface area contributed by atoms with Crippen molar-refractivity contribution in [1.29, 1.82) is 0 Å². The SMILES string of the molecule is CCCNC(C)(CN1CCC2CCCCC21)C(=O)OCC. The first kappa shape index (κ1) is 16.8. The van der Waals surface area contributed by atoms with E-state index in [1.807, 2.05) is 13.8 Å². The number of fused-ring (bicyclic) bond motifs is 1. The first-order valence-corrected chi connectivity index (χ1v) is 8.77. The number of nitrogens with zero attached hydrogens (tertiary/aromatic N) is 1. The van der Waals surface area contributed by atoms with Crippen molar-refractivity contribution in [2.24, 2.45) is 5.92 Å². The molecule has 0 bridgehead atoms. The highest BCUT2D eigenvalue weighted by atomic mass is 16.5. The van der Waals surface area contributed by atoms with Gasteiger partial charge in [-0.15, -0.1) is 0 Å². The number of carbonyl (C=O) groups excluding carboxylic acids is 1. The molecule has 2 aliphatic rings. The van der Waals surface area contributed by atoms with Crippen LogP contribution in [0.1, 0.15) is 59.3 Å². The number of hydrogen-bond donors (Lipinski definition) is 1. The van der Waals surface area contributed by atoms with Crippen LogP contribution in [0.15, 0.2) is 0 Å². The van der Waals surface area contributed by atoms with E-state index in [1.165, 1.54) is 32.1 Å². The van der Waals surface area contributed by atoms with Crippen LogP contribution < -0.4 is 5.32 Å². The zero-order chi connectivity index (χ0) is 15.3. The molecule has 4 heteroatoms. The lowest BCUT2D eigenvalue weighted by Gasteiger charge is -2.38. The zero-order valence-electron chi connectivity index (χ0n) is 14.0. The van der Waals surface area contributed by atoms with Gasteiger partial charge in [0.05, 0.1) is 6.61 Å². The Morgan fingerprint density at radius 1 is 1.29 bits per heavy atom. The van der Waals surface area contributed by atoms with Gasteiger partial charge in [-0.1, -0.05) is 19.8 Å². The number of hydrogen-bond acceptors (Lipinski definition) is 4. The molecule has 1 saturated heterocycles. The summed E-state index contributed by atoms with van der Waals surface area (Å²) in [6, 6.07) is 0.691. The van der Waals surface area contributed by atoms with Crippen molar-refractivity contribution in [3.8, 4) is 0 Å². The van der Waals surface area contributed by atoms with Crippen LogP contribution in [0.5, 0.6) is 0 Å². The van der Waals surface area contributed by atoms with Crippen molar-refractivity contribution < 1.29 is 9.53 Å². The van der Waals surface area contributed by atoms with Crippen LogP contribution in [0.25, 0.3) is 0 Å². The molecule has 0 amide bonds. The molecule has 2 rings (SSSR count). The zero-order valence-corrected chi connectivity index (χ0v) is 14.0. The van der Waals surface area contributed by atoms with E-state index in [-0.39, 0.29) is 5.97 Å². The second-order valence-corrected chi connectivity index (χ2v) is 6.85. The van der Waals surface area contributed by atoms with Crippen molar-refractivity contribution >= 4 is 5.97 Å². The minimum Gasteiger partial charge on any atom is -0.465 e. The van der Waals surface area contributed by atoms with Gasteiger partial charge in [-0.3, -0.25) is 9.69 Å². The first-order chi connectivity index (χ1) is 10.1. The van der Waals surface area contributed by atoms with Crippen molar-refractivity contribution in [2.45, 2.75) is 70.9 Å². The number of rotatable bonds is 7. The summed E-state index contributed by atoms with van der Waals surface area (Å²) in [6.45, 7) is 9.25. The summed E-state index contributed by atoms with van der Waals surface area (Å²) < 4.78 is 5.32. The molecule has 0 radical (unpaired) electrons. The molecule has 0 aromatic carbocycles.